The van der Waals surface area contributed by atoms with Gasteiger partial charge in [-0.15, -0.1) is 0 Å². The average molecular weight is 163 g/mol. The molecule has 0 aromatic carbocycles. The molecule has 0 saturated heterocycles. The van der Waals surface area contributed by atoms with Crippen molar-refractivity contribution in [3.05, 3.63) is 24.2 Å². The first-order valence-corrected chi connectivity index (χ1v) is 3.60. The van der Waals surface area contributed by atoms with Crippen LogP contribution in [0, 0.1) is 0 Å². The van der Waals surface area contributed by atoms with E-state index in [9.17, 15) is 0 Å². The summed E-state index contributed by atoms with van der Waals surface area (Å²) in [5.74, 6) is 6.33. The topological polar surface area (TPSA) is 82.8 Å². The first-order chi connectivity index (χ1) is 5.83. The maximum Gasteiger partial charge on any atom is 0.179 e. The van der Waals surface area contributed by atoms with E-state index in [1.165, 1.54) is 4.68 Å². The largest absolute Gasteiger partial charge is 0.337 e. The molecule has 2 heterocycles. The molecular weight excluding hydrogens is 154 g/mol. The van der Waals surface area contributed by atoms with Crippen molar-refractivity contribution in [2.75, 3.05) is 5.84 Å². The molecule has 0 radical (unpaired) electrons. The molecule has 5 heteroatoms. The van der Waals surface area contributed by atoms with Crippen LogP contribution in [0.15, 0.2) is 18.3 Å². The fourth-order valence-electron chi connectivity index (χ4n) is 1.12. The van der Waals surface area contributed by atoms with Crippen molar-refractivity contribution in [3.8, 4) is 0 Å². The number of fused-ring (bicyclic) bond motifs is 1. The van der Waals surface area contributed by atoms with Gasteiger partial charge in [0.1, 0.15) is 11.3 Å². The van der Waals surface area contributed by atoms with Crippen molar-refractivity contribution in [2.24, 2.45) is 5.73 Å². The predicted octanol–water partition coefficient (Wildman–Crippen LogP) is -0.396. The lowest BCUT2D eigenvalue weighted by molar-refractivity contribution is 0.855. The summed E-state index contributed by atoms with van der Waals surface area (Å²) in [5.41, 5.74) is 6.87. The number of nitrogens with zero attached hydrogens (tertiary/aromatic N) is 3. The van der Waals surface area contributed by atoms with Gasteiger partial charge in [-0.25, -0.2) is 14.6 Å². The van der Waals surface area contributed by atoms with Gasteiger partial charge in [0.05, 0.1) is 6.54 Å². The minimum Gasteiger partial charge on any atom is -0.337 e. The summed E-state index contributed by atoms with van der Waals surface area (Å²) in [6, 6.07) is 3.67. The highest BCUT2D eigenvalue weighted by Gasteiger charge is 2.05. The highest BCUT2D eigenvalue weighted by atomic mass is 15.3. The third-order valence-corrected chi connectivity index (χ3v) is 1.72. The van der Waals surface area contributed by atoms with Gasteiger partial charge in [0.25, 0.3) is 0 Å². The van der Waals surface area contributed by atoms with Crippen molar-refractivity contribution in [3.63, 3.8) is 0 Å². The minimum absolute atomic E-state index is 0.326. The number of rotatable bonds is 1. The quantitative estimate of drug-likeness (QED) is 0.560. The summed E-state index contributed by atoms with van der Waals surface area (Å²) in [4.78, 5) is 8.18. The van der Waals surface area contributed by atoms with Gasteiger partial charge < -0.3 is 11.6 Å². The molecule has 5 nitrogen and oxygen atoms in total. The van der Waals surface area contributed by atoms with E-state index in [-0.39, 0.29) is 0 Å². The molecule has 0 unspecified atom stereocenters. The van der Waals surface area contributed by atoms with Crippen LogP contribution in [0.3, 0.4) is 0 Å². The molecule has 62 valence electrons. The second kappa shape index (κ2) is 2.46. The lowest BCUT2D eigenvalue weighted by Crippen LogP contribution is -2.15. The van der Waals surface area contributed by atoms with E-state index in [4.69, 9.17) is 11.6 Å². The molecule has 2 rings (SSSR count). The van der Waals surface area contributed by atoms with Crippen LogP contribution in [0.2, 0.25) is 0 Å². The first kappa shape index (κ1) is 7.05. The van der Waals surface area contributed by atoms with Crippen LogP contribution in [0.1, 0.15) is 5.82 Å². The molecule has 0 saturated carbocycles. The Morgan fingerprint density at radius 3 is 3.00 bits per heavy atom. The average Bonchev–Trinajstić information content (AvgIpc) is 2.44. The molecule has 0 fully saturated rings. The lowest BCUT2D eigenvalue weighted by Gasteiger charge is -1.96. The third-order valence-electron chi connectivity index (χ3n) is 1.72. The number of hydrogen-bond acceptors (Lipinski definition) is 4. The summed E-state index contributed by atoms with van der Waals surface area (Å²) in [7, 11) is 0. The Morgan fingerprint density at radius 1 is 1.50 bits per heavy atom. The molecule has 2 aromatic rings. The molecule has 0 bridgehead atoms. The van der Waals surface area contributed by atoms with E-state index in [0.717, 1.165) is 5.52 Å². The van der Waals surface area contributed by atoms with Gasteiger partial charge in [-0.1, -0.05) is 0 Å². The highest BCUT2D eigenvalue weighted by molar-refractivity contribution is 5.71. The van der Waals surface area contributed by atoms with Crippen molar-refractivity contribution in [2.45, 2.75) is 6.54 Å². The lowest BCUT2D eigenvalue weighted by atomic mass is 10.4. The van der Waals surface area contributed by atoms with Gasteiger partial charge in [-0.3, -0.25) is 0 Å². The number of pyridine rings is 1. The molecule has 12 heavy (non-hydrogen) atoms. The van der Waals surface area contributed by atoms with Crippen LogP contribution >= 0.6 is 0 Å². The SMILES string of the molecule is NCc1nc2ncccc2n1N. The number of nitrogens with two attached hydrogens (primary N) is 2. The molecule has 0 aliphatic rings. The second-order valence-electron chi connectivity index (χ2n) is 2.45. The van der Waals surface area contributed by atoms with Gasteiger partial charge >= 0.3 is 0 Å². The van der Waals surface area contributed by atoms with E-state index in [1.54, 1.807) is 6.20 Å². The zero-order chi connectivity index (χ0) is 8.55. The Hall–Kier alpha value is -1.62. The monoisotopic (exact) mass is 163 g/mol. The first-order valence-electron chi connectivity index (χ1n) is 3.60. The number of aromatic nitrogens is 3. The zero-order valence-corrected chi connectivity index (χ0v) is 6.44. The maximum absolute atomic E-state index is 5.68. The van der Waals surface area contributed by atoms with Crippen molar-refractivity contribution >= 4 is 11.2 Å². The van der Waals surface area contributed by atoms with E-state index in [0.29, 0.717) is 18.0 Å². The van der Waals surface area contributed by atoms with Crippen molar-refractivity contribution < 1.29 is 0 Å². The normalized spacial score (nSPS) is 10.8. The standard InChI is InChI=1S/C7H9N5/c8-4-6-11-7-5(12(6)9)2-1-3-10-7/h1-3H,4,8-9H2. The fourth-order valence-corrected chi connectivity index (χ4v) is 1.12. The summed E-state index contributed by atoms with van der Waals surface area (Å²) < 4.78 is 1.46. The van der Waals surface area contributed by atoms with Crippen LogP contribution in [0.4, 0.5) is 0 Å². The smallest absolute Gasteiger partial charge is 0.179 e. The number of nitrogen functional groups attached to an aromatic ring is 1. The van der Waals surface area contributed by atoms with Crippen LogP contribution in [0.5, 0.6) is 0 Å². The summed E-state index contributed by atoms with van der Waals surface area (Å²) in [6.07, 6.45) is 1.68. The molecular formula is C7H9N5. The Labute approximate surface area is 69.0 Å². The third kappa shape index (κ3) is 0.835. The Kier molecular flexibility index (Phi) is 1.44. The predicted molar refractivity (Wildman–Crippen MR) is 45.6 cm³/mol. The molecule has 4 N–H and O–H groups in total. The molecule has 0 aliphatic heterocycles. The van der Waals surface area contributed by atoms with E-state index >= 15 is 0 Å². The van der Waals surface area contributed by atoms with E-state index < -0.39 is 0 Å². The van der Waals surface area contributed by atoms with Gasteiger partial charge in [-0.2, -0.15) is 0 Å². The van der Waals surface area contributed by atoms with Crippen LogP contribution in [0.25, 0.3) is 11.2 Å². The Morgan fingerprint density at radius 2 is 2.33 bits per heavy atom. The molecule has 0 atom stereocenters. The van der Waals surface area contributed by atoms with Gasteiger partial charge in [-0.05, 0) is 12.1 Å². The van der Waals surface area contributed by atoms with Crippen LogP contribution in [-0.4, -0.2) is 14.6 Å². The van der Waals surface area contributed by atoms with Crippen LogP contribution in [-0.2, 0) is 6.54 Å². The Bertz CT molecular complexity index is 405. The molecule has 2 aromatic heterocycles. The van der Waals surface area contributed by atoms with Gasteiger partial charge in [0.2, 0.25) is 0 Å². The number of imidazole rings is 1. The van der Waals surface area contributed by atoms with E-state index in [1.807, 2.05) is 12.1 Å². The highest BCUT2D eigenvalue weighted by Crippen LogP contribution is 2.08. The summed E-state index contributed by atoms with van der Waals surface area (Å²) in [6.45, 7) is 0.326. The fraction of sp³-hybridized carbons (Fsp3) is 0.143. The van der Waals surface area contributed by atoms with Crippen molar-refractivity contribution in [1.82, 2.24) is 14.6 Å². The second-order valence-corrected chi connectivity index (χ2v) is 2.45. The van der Waals surface area contributed by atoms with Gasteiger partial charge in [0, 0.05) is 6.20 Å². The number of hydrogen-bond donors (Lipinski definition) is 2. The summed E-state index contributed by atoms with van der Waals surface area (Å²) >= 11 is 0. The summed E-state index contributed by atoms with van der Waals surface area (Å²) in [5, 5.41) is 0. The van der Waals surface area contributed by atoms with E-state index in [2.05, 4.69) is 9.97 Å². The van der Waals surface area contributed by atoms with Gasteiger partial charge in [0.15, 0.2) is 5.65 Å². The maximum atomic E-state index is 5.68. The zero-order valence-electron chi connectivity index (χ0n) is 6.44. The van der Waals surface area contributed by atoms with Crippen molar-refractivity contribution in [1.29, 1.82) is 0 Å². The van der Waals surface area contributed by atoms with Crippen LogP contribution < -0.4 is 11.6 Å². The minimum atomic E-state index is 0.326. The Balaban J connectivity index is 2.78. The molecule has 0 amide bonds. The molecule has 0 spiro atoms. The molecule has 0 aliphatic carbocycles.